The van der Waals surface area contributed by atoms with E-state index in [0.29, 0.717) is 34.6 Å². The van der Waals surface area contributed by atoms with E-state index >= 15 is 0 Å². The molecule has 0 saturated heterocycles. The first-order valence-corrected chi connectivity index (χ1v) is 10.6. The third-order valence-electron chi connectivity index (χ3n) is 4.89. The summed E-state index contributed by atoms with van der Waals surface area (Å²) >= 11 is 0. The second-order valence-corrected chi connectivity index (χ2v) is 7.34. The molecule has 4 aromatic rings. The van der Waals surface area contributed by atoms with Crippen molar-refractivity contribution >= 4 is 28.8 Å². The van der Waals surface area contributed by atoms with Gasteiger partial charge in [-0.1, -0.05) is 12.1 Å². The topological polar surface area (TPSA) is 116 Å². The number of benzene rings is 3. The predicted molar refractivity (Wildman–Crippen MR) is 126 cm³/mol. The fourth-order valence-electron chi connectivity index (χ4n) is 3.21. The molecule has 0 unspecified atom stereocenters. The monoisotopic (exact) mass is 477 g/mol. The summed E-state index contributed by atoms with van der Waals surface area (Å²) in [6.45, 7) is 2.49. The summed E-state index contributed by atoms with van der Waals surface area (Å²) in [5.41, 5.74) is 4.06. The van der Waals surface area contributed by atoms with Gasteiger partial charge in [-0.15, -0.1) is 0 Å². The van der Waals surface area contributed by atoms with E-state index < -0.39 is 10.8 Å². The number of hydrazone groups is 1. The number of nitrogens with one attached hydrogen (secondary N) is 1. The molecule has 0 fully saturated rings. The quantitative estimate of drug-likeness (QED) is 0.201. The molecule has 0 aliphatic heterocycles. The van der Waals surface area contributed by atoms with Crippen molar-refractivity contribution in [2.24, 2.45) is 5.10 Å². The van der Waals surface area contributed by atoms with Crippen molar-refractivity contribution in [1.29, 1.82) is 0 Å². The summed E-state index contributed by atoms with van der Waals surface area (Å²) < 4.78 is 30.0. The number of nitro benzene ring substituents is 1. The van der Waals surface area contributed by atoms with Crippen LogP contribution in [0.15, 0.2) is 76.2 Å². The van der Waals surface area contributed by atoms with Crippen LogP contribution in [0.1, 0.15) is 28.6 Å². The fraction of sp³-hybridized carbons (Fsp3) is 0.120. The molecule has 0 radical (unpaired) electrons. The minimum Gasteiger partial charge on any atom is -0.490 e. The van der Waals surface area contributed by atoms with Gasteiger partial charge in [0.1, 0.15) is 18.0 Å². The number of ether oxygens (including phenoxy) is 2. The van der Waals surface area contributed by atoms with Crippen molar-refractivity contribution in [2.75, 3.05) is 6.61 Å². The first kappa shape index (κ1) is 23.4. The molecule has 3 aromatic carbocycles. The molecule has 1 aromatic heterocycles. The summed E-state index contributed by atoms with van der Waals surface area (Å²) in [6.07, 6.45) is 1.43. The van der Waals surface area contributed by atoms with Crippen molar-refractivity contribution in [1.82, 2.24) is 5.43 Å². The molecule has 4 rings (SSSR count). The van der Waals surface area contributed by atoms with E-state index in [4.69, 9.17) is 13.9 Å². The molecular formula is C25H20FN3O6. The Morgan fingerprint density at radius 1 is 1.09 bits per heavy atom. The lowest BCUT2D eigenvalue weighted by molar-refractivity contribution is -0.384. The largest absolute Gasteiger partial charge is 0.490 e. The molecule has 0 bridgehead atoms. The number of rotatable bonds is 9. The third kappa shape index (κ3) is 5.80. The molecule has 1 N–H and O–H groups in total. The predicted octanol–water partition coefficient (Wildman–Crippen LogP) is 5.22. The Morgan fingerprint density at radius 3 is 2.63 bits per heavy atom. The summed E-state index contributed by atoms with van der Waals surface area (Å²) in [6, 6.07) is 16.6. The van der Waals surface area contributed by atoms with Crippen LogP contribution in [0.2, 0.25) is 0 Å². The Labute approximate surface area is 198 Å². The van der Waals surface area contributed by atoms with Crippen LogP contribution in [0.5, 0.6) is 11.5 Å². The van der Waals surface area contributed by atoms with Crippen molar-refractivity contribution < 1.29 is 28.0 Å². The first-order chi connectivity index (χ1) is 16.9. The van der Waals surface area contributed by atoms with Crippen LogP contribution in [-0.4, -0.2) is 23.7 Å². The van der Waals surface area contributed by atoms with Crippen LogP contribution >= 0.6 is 0 Å². The number of carbonyl (C=O) groups excluding carboxylic acids is 1. The van der Waals surface area contributed by atoms with E-state index in [1.54, 1.807) is 30.3 Å². The maximum atomic E-state index is 13.1. The number of non-ortho nitro benzene ring substituents is 1. The van der Waals surface area contributed by atoms with Gasteiger partial charge in [0.15, 0.2) is 17.3 Å². The van der Waals surface area contributed by atoms with E-state index in [2.05, 4.69) is 10.5 Å². The Bertz CT molecular complexity index is 1400. The van der Waals surface area contributed by atoms with Gasteiger partial charge in [-0.05, 0) is 60.5 Å². The Balaban J connectivity index is 1.41. The zero-order valence-corrected chi connectivity index (χ0v) is 18.6. The summed E-state index contributed by atoms with van der Waals surface area (Å²) in [4.78, 5) is 22.8. The fourth-order valence-corrected chi connectivity index (χ4v) is 3.21. The van der Waals surface area contributed by atoms with Gasteiger partial charge in [0.05, 0.1) is 17.7 Å². The number of carbonyl (C=O) groups is 1. The molecule has 1 heterocycles. The Morgan fingerprint density at radius 2 is 1.89 bits per heavy atom. The molecule has 0 atom stereocenters. The molecule has 1 amide bonds. The first-order valence-electron chi connectivity index (χ1n) is 10.6. The third-order valence-corrected chi connectivity index (χ3v) is 4.89. The van der Waals surface area contributed by atoms with Crippen LogP contribution in [0, 0.1) is 15.9 Å². The minimum atomic E-state index is -0.607. The highest BCUT2D eigenvalue weighted by atomic mass is 19.1. The van der Waals surface area contributed by atoms with Gasteiger partial charge in [0.2, 0.25) is 0 Å². The van der Waals surface area contributed by atoms with Gasteiger partial charge in [-0.25, -0.2) is 9.82 Å². The number of furan rings is 1. The standard InChI is InChI=1S/C25H20FN3O6/c1-2-33-23-11-17(5-9-22(23)34-15-16-3-6-19(26)7-4-16)14-27-28-25(30)24-13-18-12-20(29(31)32)8-10-21(18)35-24/h3-14H,2,15H2,1H3,(H,28,30)/b27-14+. The van der Waals surface area contributed by atoms with Crippen LogP contribution in [0.3, 0.4) is 0 Å². The normalized spacial score (nSPS) is 11.0. The van der Waals surface area contributed by atoms with E-state index in [1.807, 2.05) is 6.92 Å². The van der Waals surface area contributed by atoms with Gasteiger partial charge in [-0.3, -0.25) is 14.9 Å². The molecule has 0 saturated carbocycles. The number of nitro groups is 1. The average molecular weight is 477 g/mol. The van der Waals surface area contributed by atoms with E-state index in [1.165, 1.54) is 42.6 Å². The van der Waals surface area contributed by atoms with Gasteiger partial charge in [-0.2, -0.15) is 5.10 Å². The average Bonchev–Trinajstić information content (AvgIpc) is 3.28. The smallest absolute Gasteiger partial charge is 0.307 e. The molecule has 9 nitrogen and oxygen atoms in total. The summed E-state index contributed by atoms with van der Waals surface area (Å²) in [5.74, 6) is 0.0443. The highest BCUT2D eigenvalue weighted by Crippen LogP contribution is 2.29. The SMILES string of the molecule is CCOc1cc(/C=N/NC(=O)c2cc3cc([N+](=O)[O-])ccc3o2)ccc1OCc1ccc(F)cc1. The van der Waals surface area contributed by atoms with Crippen molar-refractivity contribution in [2.45, 2.75) is 13.5 Å². The van der Waals surface area contributed by atoms with Gasteiger partial charge in [0.25, 0.3) is 5.69 Å². The molecule has 35 heavy (non-hydrogen) atoms. The maximum absolute atomic E-state index is 13.1. The van der Waals surface area contributed by atoms with E-state index in [-0.39, 0.29) is 23.9 Å². The number of amides is 1. The molecule has 0 spiro atoms. The van der Waals surface area contributed by atoms with Crippen molar-refractivity contribution in [3.63, 3.8) is 0 Å². The minimum absolute atomic E-state index is 0.0304. The number of fused-ring (bicyclic) bond motifs is 1. The van der Waals surface area contributed by atoms with Crippen molar-refractivity contribution in [3.05, 3.63) is 99.5 Å². The summed E-state index contributed by atoms with van der Waals surface area (Å²) in [5, 5.41) is 15.3. The Hall–Kier alpha value is -4.73. The number of halogens is 1. The van der Waals surface area contributed by atoms with Crippen LogP contribution in [-0.2, 0) is 6.61 Å². The lowest BCUT2D eigenvalue weighted by Gasteiger charge is -2.12. The van der Waals surface area contributed by atoms with Crippen LogP contribution in [0.4, 0.5) is 10.1 Å². The van der Waals surface area contributed by atoms with Crippen LogP contribution in [0.25, 0.3) is 11.0 Å². The number of hydrogen-bond donors (Lipinski definition) is 1. The molecule has 0 aliphatic carbocycles. The molecule has 178 valence electrons. The lowest BCUT2D eigenvalue weighted by Crippen LogP contribution is -2.16. The lowest BCUT2D eigenvalue weighted by atomic mass is 10.2. The van der Waals surface area contributed by atoms with E-state index in [0.717, 1.165) is 5.56 Å². The molecule has 0 aliphatic rings. The summed E-state index contributed by atoms with van der Waals surface area (Å²) in [7, 11) is 0. The van der Waals surface area contributed by atoms with Gasteiger partial charge >= 0.3 is 5.91 Å². The van der Waals surface area contributed by atoms with Gasteiger partial charge in [0, 0.05) is 17.5 Å². The molecule has 10 heteroatoms. The van der Waals surface area contributed by atoms with E-state index in [9.17, 15) is 19.3 Å². The van der Waals surface area contributed by atoms with Crippen LogP contribution < -0.4 is 14.9 Å². The zero-order chi connectivity index (χ0) is 24.8. The van der Waals surface area contributed by atoms with Gasteiger partial charge < -0.3 is 13.9 Å². The van der Waals surface area contributed by atoms with Crippen molar-refractivity contribution in [3.8, 4) is 11.5 Å². The maximum Gasteiger partial charge on any atom is 0.307 e. The second kappa shape index (κ2) is 10.5. The Kier molecular flexibility index (Phi) is 7.01. The molecular weight excluding hydrogens is 457 g/mol. The highest BCUT2D eigenvalue weighted by molar-refractivity contribution is 5.97. The zero-order valence-electron chi connectivity index (χ0n) is 18.6. The second-order valence-electron chi connectivity index (χ2n) is 7.34. The number of nitrogens with zero attached hydrogens (tertiary/aromatic N) is 2. The highest BCUT2D eigenvalue weighted by Gasteiger charge is 2.14. The number of hydrogen-bond acceptors (Lipinski definition) is 7.